The number of fused-ring (bicyclic) bond motifs is 2. The highest BCUT2D eigenvalue weighted by atomic mass is 32.1. The molecule has 1 aliphatic heterocycles. The molecule has 9 rings (SSSR count). The molecule has 0 N–H and O–H groups in total. The summed E-state index contributed by atoms with van der Waals surface area (Å²) in [6.07, 6.45) is 0. The van der Waals surface area contributed by atoms with Gasteiger partial charge in [-0.2, -0.15) is 0 Å². The summed E-state index contributed by atoms with van der Waals surface area (Å²) in [4.78, 5) is 2.86. The topological polar surface area (TPSA) is 0 Å². The van der Waals surface area contributed by atoms with Crippen molar-refractivity contribution in [1.29, 1.82) is 0 Å². The third kappa shape index (κ3) is 4.92. The molecular formula is C47H36S2Si. The minimum absolute atomic E-state index is 1.09. The highest BCUT2D eigenvalue weighted by Gasteiger charge is 2.48. The molecule has 0 spiro atoms. The van der Waals surface area contributed by atoms with Crippen LogP contribution in [0.2, 0.25) is 12.6 Å². The highest BCUT2D eigenvalue weighted by molar-refractivity contribution is 7.28. The Balaban J connectivity index is 1.47. The van der Waals surface area contributed by atoms with Crippen molar-refractivity contribution in [2.75, 3.05) is 0 Å². The Morgan fingerprint density at radius 3 is 1.08 bits per heavy atom. The molecule has 0 atom stereocenters. The minimum Gasteiger partial charge on any atom is -0.135 e. The number of thiophene rings is 2. The van der Waals surface area contributed by atoms with Gasteiger partial charge in [-0.1, -0.05) is 177 Å². The van der Waals surface area contributed by atoms with Gasteiger partial charge in [0.25, 0.3) is 0 Å². The fourth-order valence-corrected chi connectivity index (χ4v) is 15.9. The zero-order valence-corrected chi connectivity index (χ0v) is 30.8. The van der Waals surface area contributed by atoms with Gasteiger partial charge in [0.2, 0.25) is 0 Å². The smallest absolute Gasteiger partial charge is 0.120 e. The van der Waals surface area contributed by atoms with Crippen molar-refractivity contribution in [1.82, 2.24) is 0 Å². The molecule has 0 radical (unpaired) electrons. The molecule has 0 bridgehead atoms. The van der Waals surface area contributed by atoms with Crippen LogP contribution in [0.5, 0.6) is 0 Å². The van der Waals surface area contributed by atoms with Crippen LogP contribution in [0.25, 0.3) is 64.0 Å². The van der Waals surface area contributed by atoms with E-state index in [1.807, 2.05) is 22.7 Å². The van der Waals surface area contributed by atoms with Gasteiger partial charge >= 0.3 is 0 Å². The molecule has 0 saturated heterocycles. The van der Waals surface area contributed by atoms with E-state index < -0.39 is 8.07 Å². The van der Waals surface area contributed by atoms with Crippen molar-refractivity contribution >= 4 is 72.5 Å². The normalized spacial score (nSPS) is 14.3. The van der Waals surface area contributed by atoms with Crippen LogP contribution in [0.1, 0.15) is 27.8 Å². The summed E-state index contributed by atoms with van der Waals surface area (Å²) in [6.45, 7) is 5.11. The van der Waals surface area contributed by atoms with Crippen molar-refractivity contribution in [2.24, 2.45) is 0 Å². The lowest BCUT2D eigenvalue weighted by molar-refractivity contribution is 1.40. The fraction of sp³-hybridized carbons (Fsp3) is 0.0638. The van der Waals surface area contributed by atoms with Crippen LogP contribution in [-0.2, 0) is 0 Å². The molecular weight excluding hydrogens is 657 g/mol. The summed E-state index contributed by atoms with van der Waals surface area (Å²) < 4.78 is 2.69. The first kappa shape index (κ1) is 31.0. The maximum absolute atomic E-state index is 2.66. The van der Waals surface area contributed by atoms with Gasteiger partial charge in [-0.05, 0) is 55.9 Å². The van der Waals surface area contributed by atoms with Gasteiger partial charge in [0, 0.05) is 41.1 Å². The monoisotopic (exact) mass is 692 g/mol. The van der Waals surface area contributed by atoms with E-state index in [0.29, 0.717) is 0 Å². The summed E-state index contributed by atoms with van der Waals surface area (Å²) in [7, 11) is -2.47. The minimum atomic E-state index is -2.47. The first-order chi connectivity index (χ1) is 24.7. The summed E-state index contributed by atoms with van der Waals surface area (Å²) >= 11 is 3.97. The predicted octanol–water partition coefficient (Wildman–Crippen LogP) is 14.2. The highest BCUT2D eigenvalue weighted by Crippen LogP contribution is 2.62. The number of benzene rings is 6. The maximum atomic E-state index is 2.66. The SMILES string of the molecule is CC[Si]1(C)C(c2sc3ccccc3c2-c2ccccc2)=C(c2ccccc2)C(c2ccccc2)=C1c1sc2ccccc2c1-c1ccccc1. The van der Waals surface area contributed by atoms with Crippen LogP contribution in [0, 0.1) is 0 Å². The van der Waals surface area contributed by atoms with Crippen LogP contribution in [0.4, 0.5) is 0 Å². The summed E-state index contributed by atoms with van der Waals surface area (Å²) in [6, 6.07) is 63.8. The third-order valence-corrected chi connectivity index (χ3v) is 17.8. The Hall–Kier alpha value is -5.06. The molecule has 0 fully saturated rings. The largest absolute Gasteiger partial charge is 0.135 e. The average molecular weight is 693 g/mol. The third-order valence-electron chi connectivity index (χ3n) is 10.5. The predicted molar refractivity (Wildman–Crippen MR) is 223 cm³/mol. The van der Waals surface area contributed by atoms with Crippen LogP contribution in [0.3, 0.4) is 0 Å². The molecule has 0 unspecified atom stereocenters. The first-order valence-electron chi connectivity index (χ1n) is 17.4. The van der Waals surface area contributed by atoms with Crippen LogP contribution in [0.15, 0.2) is 170 Å². The Labute approximate surface area is 303 Å². The Bertz CT molecular complexity index is 2380. The lowest BCUT2D eigenvalue weighted by Crippen LogP contribution is -2.31. The standard InChI is InChI=1S/C47H36S2Si/c1-3-50(2)46(44-40(32-20-8-4-9-21-32)36-28-16-18-30-38(36)48-44)42(34-24-12-6-13-25-34)43(35-26-14-7-15-27-35)47(50)45-41(33-22-10-5-11-23-33)37-29-17-19-31-39(37)49-45/h4-31H,3H2,1-2H3. The Morgan fingerprint density at radius 2 is 0.720 bits per heavy atom. The fourth-order valence-electron chi connectivity index (χ4n) is 8.02. The zero-order chi connectivity index (χ0) is 33.7. The van der Waals surface area contributed by atoms with Gasteiger partial charge < -0.3 is 0 Å². The summed E-state index contributed by atoms with van der Waals surface area (Å²) in [5.41, 5.74) is 10.7. The second kappa shape index (κ2) is 12.7. The van der Waals surface area contributed by atoms with Gasteiger partial charge in [-0.15, -0.1) is 22.7 Å². The van der Waals surface area contributed by atoms with Crippen molar-refractivity contribution in [3.63, 3.8) is 0 Å². The second-order valence-corrected chi connectivity index (χ2v) is 19.7. The van der Waals surface area contributed by atoms with Gasteiger partial charge in [-0.25, -0.2) is 0 Å². The number of rotatable bonds is 7. The molecule has 2 aromatic heterocycles. The van der Waals surface area contributed by atoms with Crippen molar-refractivity contribution in [2.45, 2.75) is 19.5 Å². The molecule has 0 saturated carbocycles. The molecule has 6 aromatic carbocycles. The van der Waals surface area contributed by atoms with Crippen LogP contribution >= 0.6 is 22.7 Å². The van der Waals surface area contributed by atoms with Gasteiger partial charge in [0.15, 0.2) is 0 Å². The zero-order valence-electron chi connectivity index (χ0n) is 28.2. The van der Waals surface area contributed by atoms with E-state index in [1.165, 1.54) is 74.5 Å². The van der Waals surface area contributed by atoms with Gasteiger partial charge in [-0.3, -0.25) is 0 Å². The molecule has 0 aliphatic carbocycles. The summed E-state index contributed by atoms with van der Waals surface area (Å²) in [5, 5.41) is 5.81. The van der Waals surface area contributed by atoms with Crippen LogP contribution in [-0.4, -0.2) is 8.07 Å². The Morgan fingerprint density at radius 1 is 0.400 bits per heavy atom. The van der Waals surface area contributed by atoms with Gasteiger partial charge in [0.05, 0.1) is 0 Å². The first-order valence-corrected chi connectivity index (χ1v) is 21.8. The van der Waals surface area contributed by atoms with Crippen molar-refractivity contribution in [3.05, 3.63) is 191 Å². The molecule has 8 aromatic rings. The molecule has 50 heavy (non-hydrogen) atoms. The van der Waals surface area contributed by atoms with Gasteiger partial charge in [0.1, 0.15) is 8.07 Å². The van der Waals surface area contributed by atoms with Crippen LogP contribution < -0.4 is 0 Å². The molecule has 0 amide bonds. The van der Waals surface area contributed by atoms with E-state index >= 15 is 0 Å². The number of allylic oxidation sites excluding steroid dienone is 2. The van der Waals surface area contributed by atoms with E-state index in [4.69, 9.17) is 0 Å². The average Bonchev–Trinajstić information content (AvgIpc) is 3.84. The molecule has 3 heteroatoms. The van der Waals surface area contributed by atoms with E-state index in [1.54, 1.807) is 10.4 Å². The second-order valence-electron chi connectivity index (χ2n) is 13.3. The molecule has 0 nitrogen and oxygen atoms in total. The molecule has 3 heterocycles. The van der Waals surface area contributed by atoms with E-state index in [9.17, 15) is 0 Å². The van der Waals surface area contributed by atoms with Crippen molar-refractivity contribution in [3.8, 4) is 22.3 Å². The molecule has 240 valence electrons. The van der Waals surface area contributed by atoms with E-state index in [0.717, 1.165) is 6.04 Å². The lowest BCUT2D eigenvalue weighted by Gasteiger charge is -2.29. The quantitative estimate of drug-likeness (QED) is 0.146. The van der Waals surface area contributed by atoms with Crippen molar-refractivity contribution < 1.29 is 0 Å². The van der Waals surface area contributed by atoms with E-state index in [-0.39, 0.29) is 0 Å². The van der Waals surface area contributed by atoms with E-state index in [2.05, 4.69) is 183 Å². The molecule has 1 aliphatic rings. The Kier molecular flexibility index (Phi) is 7.85. The maximum Gasteiger partial charge on any atom is 0.120 e. The summed E-state index contributed by atoms with van der Waals surface area (Å²) in [5.74, 6) is 0. The number of hydrogen-bond donors (Lipinski definition) is 0. The number of hydrogen-bond acceptors (Lipinski definition) is 2. The lowest BCUT2D eigenvalue weighted by atomic mass is 9.89.